The van der Waals surface area contributed by atoms with Gasteiger partial charge in [-0.2, -0.15) is 17.2 Å². The molecule has 0 rings (SSSR count). The van der Waals surface area contributed by atoms with Crippen molar-refractivity contribution in [3.63, 3.8) is 0 Å². The second-order valence-electron chi connectivity index (χ2n) is 0.873. The summed E-state index contributed by atoms with van der Waals surface area (Å²) in [7, 11) is 0. The number of hydrogen-bond donors (Lipinski definition) is 0. The molecule has 0 aliphatic heterocycles. The molecule has 0 aliphatic carbocycles. The van der Waals surface area contributed by atoms with Crippen molar-refractivity contribution in [1.29, 1.82) is 0 Å². The van der Waals surface area contributed by atoms with Crippen LogP contribution in [-0.2, 0) is 0 Å². The predicted octanol–water partition coefficient (Wildman–Crippen LogP) is 2.50. The van der Waals surface area contributed by atoms with Crippen molar-refractivity contribution in [2.24, 2.45) is 4.02 Å². The van der Waals surface area contributed by atoms with Gasteiger partial charge in [-0.1, -0.05) is 0 Å². The first-order valence-corrected chi connectivity index (χ1v) is 2.49. The summed E-state index contributed by atoms with van der Waals surface area (Å²) in [6.07, 6.45) is 0. The molecule has 0 radical (unpaired) electrons. The topological polar surface area (TPSA) is 12.4 Å². The first kappa shape index (κ1) is 8.23. The zero-order valence-corrected chi connectivity index (χ0v) is 5.68. The van der Waals surface area contributed by atoms with Crippen molar-refractivity contribution in [1.82, 2.24) is 0 Å². The molecule has 0 aromatic rings. The van der Waals surface area contributed by atoms with E-state index in [1.807, 2.05) is 0 Å². The number of halogens is 5. The standard InChI is InChI=1S/C2BrClF3N/c3-8-1(5)2(4,6)7/b8-1-. The summed E-state index contributed by atoms with van der Waals surface area (Å²) in [6, 6.07) is 0. The number of hydrogen-bond acceptors (Lipinski definition) is 1. The van der Waals surface area contributed by atoms with E-state index in [9.17, 15) is 13.2 Å². The van der Waals surface area contributed by atoms with Crippen molar-refractivity contribution in [2.75, 3.05) is 0 Å². The molecule has 0 spiro atoms. The SMILES string of the molecule is F/C(=N\Br)C(F)(F)Cl. The molecule has 6 heteroatoms. The van der Waals surface area contributed by atoms with Crippen molar-refractivity contribution in [3.8, 4) is 0 Å². The van der Waals surface area contributed by atoms with Gasteiger partial charge in [-0.15, -0.1) is 0 Å². The van der Waals surface area contributed by atoms with Crippen LogP contribution in [0.1, 0.15) is 0 Å². The monoisotopic (exact) mass is 209 g/mol. The molecule has 0 atom stereocenters. The normalized spacial score (nSPS) is 14.4. The van der Waals surface area contributed by atoms with E-state index in [1.54, 1.807) is 0 Å². The van der Waals surface area contributed by atoms with Crippen LogP contribution in [0.2, 0.25) is 0 Å². The largest absolute Gasteiger partial charge is 0.391 e. The summed E-state index contributed by atoms with van der Waals surface area (Å²) < 4.78 is 36.5. The van der Waals surface area contributed by atoms with E-state index in [0.29, 0.717) is 0 Å². The highest BCUT2D eigenvalue weighted by molar-refractivity contribution is 9.08. The molecule has 0 saturated heterocycles. The first-order chi connectivity index (χ1) is 3.48. The van der Waals surface area contributed by atoms with Gasteiger partial charge in [0.1, 0.15) is 0 Å². The van der Waals surface area contributed by atoms with Gasteiger partial charge in [-0.05, 0) is 11.6 Å². The number of rotatable bonds is 1. The Morgan fingerprint density at radius 2 is 2.00 bits per heavy atom. The van der Waals surface area contributed by atoms with Crippen molar-refractivity contribution < 1.29 is 13.2 Å². The maximum absolute atomic E-state index is 11.5. The summed E-state index contributed by atoms with van der Waals surface area (Å²) >= 11 is 6.21. The van der Waals surface area contributed by atoms with Crippen LogP contribution in [0.15, 0.2) is 4.02 Å². The van der Waals surface area contributed by atoms with E-state index in [0.717, 1.165) is 0 Å². The lowest BCUT2D eigenvalue weighted by atomic mass is 10.7. The van der Waals surface area contributed by atoms with Crippen LogP contribution in [-0.4, -0.2) is 11.3 Å². The zero-order valence-electron chi connectivity index (χ0n) is 3.34. The third kappa shape index (κ3) is 2.52. The fraction of sp³-hybridized carbons (Fsp3) is 0.500. The van der Waals surface area contributed by atoms with Gasteiger partial charge in [-0.25, -0.2) is 0 Å². The van der Waals surface area contributed by atoms with Crippen molar-refractivity contribution in [2.45, 2.75) is 5.38 Å². The highest BCUT2D eigenvalue weighted by Crippen LogP contribution is 2.22. The molecular weight excluding hydrogens is 210 g/mol. The van der Waals surface area contributed by atoms with E-state index in [4.69, 9.17) is 0 Å². The minimum absolute atomic E-state index is 1.95. The summed E-state index contributed by atoms with van der Waals surface area (Å²) in [5, 5.41) is -3.98. The Balaban J connectivity index is 4.03. The molecule has 0 unspecified atom stereocenters. The van der Waals surface area contributed by atoms with Gasteiger partial charge in [0.25, 0.3) is 5.97 Å². The summed E-state index contributed by atoms with van der Waals surface area (Å²) in [5.74, 6) is -1.95. The Kier molecular flexibility index (Phi) is 2.76. The van der Waals surface area contributed by atoms with Gasteiger partial charge < -0.3 is 0 Å². The molecule has 0 aromatic heterocycles. The van der Waals surface area contributed by atoms with Gasteiger partial charge in [0.2, 0.25) is 0 Å². The highest BCUT2D eigenvalue weighted by Gasteiger charge is 2.33. The van der Waals surface area contributed by atoms with Crippen LogP contribution in [0, 0.1) is 0 Å². The maximum atomic E-state index is 11.5. The van der Waals surface area contributed by atoms with E-state index in [-0.39, 0.29) is 0 Å². The summed E-state index contributed by atoms with van der Waals surface area (Å²) in [5.41, 5.74) is 0. The Morgan fingerprint density at radius 3 is 2.00 bits per heavy atom. The Bertz CT molecular complexity index is 108. The Morgan fingerprint density at radius 1 is 1.62 bits per heavy atom. The molecule has 0 heterocycles. The van der Waals surface area contributed by atoms with Crippen LogP contribution in [0.25, 0.3) is 0 Å². The zero-order chi connectivity index (χ0) is 6.78. The third-order valence-electron chi connectivity index (χ3n) is 0.308. The lowest BCUT2D eigenvalue weighted by Gasteiger charge is -1.98. The Labute approximate surface area is 56.9 Å². The Hall–Kier alpha value is 0.230. The molecule has 0 amide bonds. The molecule has 1 nitrogen and oxygen atoms in total. The minimum atomic E-state index is -3.98. The predicted molar refractivity (Wildman–Crippen MR) is 28.3 cm³/mol. The van der Waals surface area contributed by atoms with E-state index >= 15 is 0 Å². The quantitative estimate of drug-likeness (QED) is 0.466. The van der Waals surface area contributed by atoms with Gasteiger partial charge in [0.05, 0.1) is 16.1 Å². The molecule has 0 saturated carbocycles. The van der Waals surface area contributed by atoms with Crippen LogP contribution in [0.4, 0.5) is 13.2 Å². The summed E-state index contributed by atoms with van der Waals surface area (Å²) in [6.45, 7) is 0. The fourth-order valence-corrected chi connectivity index (χ4v) is 0.415. The van der Waals surface area contributed by atoms with Crippen molar-refractivity contribution >= 4 is 33.7 Å². The molecule has 0 N–H and O–H groups in total. The average Bonchev–Trinajstić information content (AvgIpc) is 1.62. The van der Waals surface area contributed by atoms with Gasteiger partial charge >= 0.3 is 5.38 Å². The van der Waals surface area contributed by atoms with Crippen LogP contribution >= 0.6 is 27.7 Å². The molecule has 0 bridgehead atoms. The number of nitrogens with zero attached hydrogens (tertiary/aromatic N) is 1. The van der Waals surface area contributed by atoms with E-state index in [1.165, 1.54) is 0 Å². The fourth-order valence-electron chi connectivity index (χ4n) is 0.0479. The van der Waals surface area contributed by atoms with Gasteiger partial charge in [0, 0.05) is 0 Å². The maximum Gasteiger partial charge on any atom is 0.391 e. The van der Waals surface area contributed by atoms with Crippen LogP contribution < -0.4 is 0 Å². The lowest BCUT2D eigenvalue weighted by Crippen LogP contribution is -2.15. The van der Waals surface area contributed by atoms with Crippen molar-refractivity contribution in [3.05, 3.63) is 0 Å². The van der Waals surface area contributed by atoms with Gasteiger partial charge in [0.15, 0.2) is 0 Å². The lowest BCUT2D eigenvalue weighted by molar-refractivity contribution is 0.162. The molecule has 0 aromatic carbocycles. The molecule has 0 fully saturated rings. The second-order valence-corrected chi connectivity index (χ2v) is 1.70. The van der Waals surface area contributed by atoms with Crippen LogP contribution in [0.5, 0.6) is 0 Å². The first-order valence-electron chi connectivity index (χ1n) is 1.40. The molecule has 8 heavy (non-hydrogen) atoms. The van der Waals surface area contributed by atoms with E-state index < -0.39 is 11.3 Å². The average molecular weight is 210 g/mol. The highest BCUT2D eigenvalue weighted by atomic mass is 79.9. The molecular formula is C2BrClF3N. The van der Waals surface area contributed by atoms with Crippen LogP contribution in [0.3, 0.4) is 0 Å². The summed E-state index contributed by atoms with van der Waals surface area (Å²) in [4.78, 5) is 0. The van der Waals surface area contributed by atoms with E-state index in [2.05, 4.69) is 31.8 Å². The van der Waals surface area contributed by atoms with Gasteiger partial charge in [-0.3, -0.25) is 0 Å². The molecule has 0 aliphatic rings. The number of alkyl halides is 3. The minimum Gasteiger partial charge on any atom is -0.181 e. The third-order valence-corrected chi connectivity index (χ3v) is 0.775. The smallest absolute Gasteiger partial charge is 0.181 e. The molecule has 48 valence electrons. The second kappa shape index (κ2) is 2.68.